The molecule has 0 radical (unpaired) electrons. The average Bonchev–Trinajstić information content (AvgIpc) is 2.16. The molecule has 0 atom stereocenters. The van der Waals surface area contributed by atoms with E-state index in [1.165, 1.54) is 6.42 Å². The zero-order chi connectivity index (χ0) is 12.2. The fourth-order valence-electron chi connectivity index (χ4n) is 2.35. The molecule has 0 spiro atoms. The SMILES string of the molecule is CC(C)CCCN(C)C(=O)C1(CN)CCC1. The Bertz CT molecular complexity index is 229. The van der Waals surface area contributed by atoms with Gasteiger partial charge in [-0.25, -0.2) is 0 Å². The summed E-state index contributed by atoms with van der Waals surface area (Å²) in [4.78, 5) is 14.1. The third kappa shape index (κ3) is 2.97. The van der Waals surface area contributed by atoms with Crippen LogP contribution in [0, 0.1) is 11.3 Å². The lowest BCUT2D eigenvalue weighted by molar-refractivity contribution is -0.145. The maximum absolute atomic E-state index is 12.2. The van der Waals surface area contributed by atoms with Gasteiger partial charge >= 0.3 is 0 Å². The lowest BCUT2D eigenvalue weighted by Crippen LogP contribution is -2.51. The van der Waals surface area contributed by atoms with E-state index >= 15 is 0 Å². The van der Waals surface area contributed by atoms with Gasteiger partial charge < -0.3 is 10.6 Å². The maximum Gasteiger partial charge on any atom is 0.229 e. The molecule has 0 bridgehead atoms. The van der Waals surface area contributed by atoms with Crippen molar-refractivity contribution < 1.29 is 4.79 Å². The minimum atomic E-state index is -0.202. The van der Waals surface area contributed by atoms with Gasteiger partial charge in [-0.15, -0.1) is 0 Å². The van der Waals surface area contributed by atoms with Crippen LogP contribution in [0.3, 0.4) is 0 Å². The number of amides is 1. The molecule has 1 rings (SSSR count). The summed E-state index contributed by atoms with van der Waals surface area (Å²) in [6.45, 7) is 5.82. The first kappa shape index (κ1) is 13.5. The van der Waals surface area contributed by atoms with Crippen LogP contribution in [-0.2, 0) is 4.79 Å². The molecule has 3 nitrogen and oxygen atoms in total. The summed E-state index contributed by atoms with van der Waals surface area (Å²) in [6.07, 6.45) is 5.41. The Balaban J connectivity index is 2.35. The van der Waals surface area contributed by atoms with E-state index in [2.05, 4.69) is 13.8 Å². The summed E-state index contributed by atoms with van der Waals surface area (Å²) >= 11 is 0. The van der Waals surface area contributed by atoms with Crippen LogP contribution in [-0.4, -0.2) is 30.9 Å². The van der Waals surface area contributed by atoms with E-state index in [9.17, 15) is 4.79 Å². The zero-order valence-corrected chi connectivity index (χ0v) is 11.0. The highest BCUT2D eigenvalue weighted by Crippen LogP contribution is 2.41. The molecule has 1 amide bonds. The summed E-state index contributed by atoms with van der Waals surface area (Å²) in [6, 6.07) is 0. The quantitative estimate of drug-likeness (QED) is 0.753. The minimum absolute atomic E-state index is 0.202. The molecule has 0 unspecified atom stereocenters. The first-order valence-corrected chi connectivity index (χ1v) is 6.47. The van der Waals surface area contributed by atoms with Gasteiger partial charge in [0.2, 0.25) is 5.91 Å². The smallest absolute Gasteiger partial charge is 0.229 e. The molecule has 1 saturated carbocycles. The van der Waals surface area contributed by atoms with Crippen LogP contribution in [0.25, 0.3) is 0 Å². The predicted molar refractivity (Wildman–Crippen MR) is 67.0 cm³/mol. The third-order valence-electron chi connectivity index (χ3n) is 3.78. The van der Waals surface area contributed by atoms with Crippen molar-refractivity contribution in [2.45, 2.75) is 46.0 Å². The van der Waals surface area contributed by atoms with E-state index in [1.54, 1.807) is 0 Å². The molecule has 1 aliphatic carbocycles. The van der Waals surface area contributed by atoms with Crippen molar-refractivity contribution in [3.8, 4) is 0 Å². The number of rotatable bonds is 6. The van der Waals surface area contributed by atoms with Crippen molar-refractivity contribution in [3.63, 3.8) is 0 Å². The molecule has 0 aromatic heterocycles. The van der Waals surface area contributed by atoms with Gasteiger partial charge in [0, 0.05) is 20.1 Å². The van der Waals surface area contributed by atoms with Gasteiger partial charge in [0.15, 0.2) is 0 Å². The number of hydrogen-bond donors (Lipinski definition) is 1. The van der Waals surface area contributed by atoms with Gasteiger partial charge in [-0.2, -0.15) is 0 Å². The Morgan fingerprint density at radius 2 is 2.06 bits per heavy atom. The molecular formula is C13H26N2O. The number of hydrogen-bond acceptors (Lipinski definition) is 2. The molecule has 0 heterocycles. The molecule has 1 fully saturated rings. The Labute approximate surface area is 99.4 Å². The van der Waals surface area contributed by atoms with E-state index in [0.29, 0.717) is 6.54 Å². The molecule has 0 aromatic rings. The standard InChI is InChI=1S/C13H26N2O/c1-11(2)6-4-9-15(3)12(16)13(10-14)7-5-8-13/h11H,4-10,14H2,1-3H3. The second kappa shape index (κ2) is 5.67. The molecule has 94 valence electrons. The topological polar surface area (TPSA) is 46.3 Å². The van der Waals surface area contributed by atoms with E-state index in [0.717, 1.165) is 38.1 Å². The lowest BCUT2D eigenvalue weighted by Gasteiger charge is -2.41. The Morgan fingerprint density at radius 1 is 1.44 bits per heavy atom. The molecule has 0 aliphatic heterocycles. The van der Waals surface area contributed by atoms with Gasteiger partial charge in [-0.05, 0) is 31.6 Å². The van der Waals surface area contributed by atoms with Crippen LogP contribution in [0.2, 0.25) is 0 Å². The van der Waals surface area contributed by atoms with Crippen LogP contribution < -0.4 is 5.73 Å². The largest absolute Gasteiger partial charge is 0.345 e. The summed E-state index contributed by atoms with van der Waals surface area (Å²) in [7, 11) is 1.92. The highest BCUT2D eigenvalue weighted by Gasteiger charge is 2.44. The summed E-state index contributed by atoms with van der Waals surface area (Å²) in [5.74, 6) is 0.987. The first-order chi connectivity index (χ1) is 7.52. The summed E-state index contributed by atoms with van der Waals surface area (Å²) < 4.78 is 0. The monoisotopic (exact) mass is 226 g/mol. The molecule has 3 heteroatoms. The minimum Gasteiger partial charge on any atom is -0.345 e. The highest BCUT2D eigenvalue weighted by molar-refractivity contribution is 5.83. The predicted octanol–water partition coefficient (Wildman–Crippen LogP) is 2.01. The number of nitrogens with zero attached hydrogens (tertiary/aromatic N) is 1. The molecule has 0 saturated heterocycles. The molecule has 16 heavy (non-hydrogen) atoms. The van der Waals surface area contributed by atoms with Crippen LogP contribution in [0.15, 0.2) is 0 Å². The Hall–Kier alpha value is -0.570. The second-order valence-corrected chi connectivity index (χ2v) is 5.60. The second-order valence-electron chi connectivity index (χ2n) is 5.60. The van der Waals surface area contributed by atoms with Crippen molar-refractivity contribution >= 4 is 5.91 Å². The first-order valence-electron chi connectivity index (χ1n) is 6.47. The van der Waals surface area contributed by atoms with Crippen LogP contribution in [0.4, 0.5) is 0 Å². The fraction of sp³-hybridized carbons (Fsp3) is 0.923. The van der Waals surface area contributed by atoms with Crippen LogP contribution in [0.5, 0.6) is 0 Å². The summed E-state index contributed by atoms with van der Waals surface area (Å²) in [5.41, 5.74) is 5.54. The number of carbonyl (C=O) groups is 1. The Kier molecular flexibility index (Phi) is 4.78. The van der Waals surface area contributed by atoms with E-state index in [-0.39, 0.29) is 11.3 Å². The van der Waals surface area contributed by atoms with Gasteiger partial charge in [-0.1, -0.05) is 20.3 Å². The van der Waals surface area contributed by atoms with E-state index in [1.807, 2.05) is 11.9 Å². The van der Waals surface area contributed by atoms with Crippen molar-refractivity contribution in [1.82, 2.24) is 4.90 Å². The van der Waals surface area contributed by atoms with Gasteiger partial charge in [0.1, 0.15) is 0 Å². The van der Waals surface area contributed by atoms with Crippen molar-refractivity contribution in [2.24, 2.45) is 17.1 Å². The molecule has 0 aromatic carbocycles. The van der Waals surface area contributed by atoms with E-state index < -0.39 is 0 Å². The summed E-state index contributed by atoms with van der Waals surface area (Å²) in [5, 5.41) is 0. The van der Waals surface area contributed by atoms with Crippen LogP contribution >= 0.6 is 0 Å². The molecule has 1 aliphatic rings. The van der Waals surface area contributed by atoms with Crippen molar-refractivity contribution in [2.75, 3.05) is 20.1 Å². The van der Waals surface area contributed by atoms with Crippen LogP contribution in [0.1, 0.15) is 46.0 Å². The molecule has 2 N–H and O–H groups in total. The number of nitrogens with two attached hydrogens (primary N) is 1. The highest BCUT2D eigenvalue weighted by atomic mass is 16.2. The van der Waals surface area contributed by atoms with Gasteiger partial charge in [0.25, 0.3) is 0 Å². The lowest BCUT2D eigenvalue weighted by atomic mass is 9.68. The fourth-order valence-corrected chi connectivity index (χ4v) is 2.35. The van der Waals surface area contributed by atoms with Crippen molar-refractivity contribution in [1.29, 1.82) is 0 Å². The van der Waals surface area contributed by atoms with E-state index in [4.69, 9.17) is 5.73 Å². The third-order valence-corrected chi connectivity index (χ3v) is 3.78. The van der Waals surface area contributed by atoms with Gasteiger partial charge in [0.05, 0.1) is 5.41 Å². The molecular weight excluding hydrogens is 200 g/mol. The van der Waals surface area contributed by atoms with Gasteiger partial charge in [-0.3, -0.25) is 4.79 Å². The normalized spacial score (nSPS) is 18.3. The van der Waals surface area contributed by atoms with Crippen molar-refractivity contribution in [3.05, 3.63) is 0 Å². The maximum atomic E-state index is 12.2. The number of carbonyl (C=O) groups excluding carboxylic acids is 1. The average molecular weight is 226 g/mol. The zero-order valence-electron chi connectivity index (χ0n) is 11.0. The Morgan fingerprint density at radius 3 is 2.44 bits per heavy atom.